The van der Waals surface area contributed by atoms with Gasteiger partial charge in [0, 0.05) is 5.92 Å². The van der Waals surface area contributed by atoms with Crippen LogP contribution >= 0.6 is 0 Å². The van der Waals surface area contributed by atoms with E-state index in [-0.39, 0.29) is 18.2 Å². The van der Waals surface area contributed by atoms with Crippen molar-refractivity contribution in [3.63, 3.8) is 0 Å². The largest absolute Gasteiger partial charge is 0.481 e. The highest BCUT2D eigenvalue weighted by atomic mass is 16.4. The van der Waals surface area contributed by atoms with Crippen molar-refractivity contribution in [2.45, 2.75) is 32.2 Å². The molecular formula is C14H17NO3. The van der Waals surface area contributed by atoms with Crippen molar-refractivity contribution in [2.24, 2.45) is 5.92 Å². The van der Waals surface area contributed by atoms with Gasteiger partial charge in [-0.1, -0.05) is 24.3 Å². The molecule has 0 aliphatic heterocycles. The van der Waals surface area contributed by atoms with Crippen LogP contribution < -0.4 is 5.32 Å². The molecule has 1 unspecified atom stereocenters. The SMILES string of the molecule is Cc1ccccc1C(CC(=O)O)NC(=O)C1CC1. The zero-order valence-corrected chi connectivity index (χ0v) is 10.3. The van der Waals surface area contributed by atoms with E-state index in [4.69, 9.17) is 5.11 Å². The molecule has 1 atom stereocenters. The summed E-state index contributed by atoms with van der Waals surface area (Å²) >= 11 is 0. The second kappa shape index (κ2) is 5.21. The van der Waals surface area contributed by atoms with Gasteiger partial charge in [-0.3, -0.25) is 9.59 Å². The standard InChI is InChI=1S/C14H17NO3/c1-9-4-2-3-5-11(9)12(8-13(16)17)15-14(18)10-6-7-10/h2-5,10,12H,6-8H2,1H3,(H,15,18)(H,16,17). The van der Waals surface area contributed by atoms with Crippen LogP contribution in [0.1, 0.15) is 36.4 Å². The number of carbonyl (C=O) groups excluding carboxylic acids is 1. The molecule has 1 aliphatic carbocycles. The summed E-state index contributed by atoms with van der Waals surface area (Å²) < 4.78 is 0. The number of carboxylic acids is 1. The molecule has 0 radical (unpaired) electrons. The smallest absolute Gasteiger partial charge is 0.305 e. The maximum Gasteiger partial charge on any atom is 0.305 e. The van der Waals surface area contributed by atoms with Crippen molar-refractivity contribution >= 4 is 11.9 Å². The third-order valence-corrected chi connectivity index (χ3v) is 3.21. The van der Waals surface area contributed by atoms with Gasteiger partial charge in [0.25, 0.3) is 0 Å². The molecule has 1 fully saturated rings. The summed E-state index contributed by atoms with van der Waals surface area (Å²) in [5.41, 5.74) is 1.88. The molecule has 4 nitrogen and oxygen atoms in total. The van der Waals surface area contributed by atoms with Crippen LogP contribution in [0.15, 0.2) is 24.3 Å². The minimum atomic E-state index is -0.903. The van der Waals surface area contributed by atoms with Crippen LogP contribution in [0.25, 0.3) is 0 Å². The van der Waals surface area contributed by atoms with Gasteiger partial charge in [-0.25, -0.2) is 0 Å². The molecule has 2 rings (SSSR count). The Bertz CT molecular complexity index is 466. The average Bonchev–Trinajstić information content (AvgIpc) is 3.11. The molecule has 18 heavy (non-hydrogen) atoms. The highest BCUT2D eigenvalue weighted by molar-refractivity contribution is 5.82. The Hall–Kier alpha value is -1.84. The van der Waals surface area contributed by atoms with Gasteiger partial charge in [-0.05, 0) is 30.9 Å². The van der Waals surface area contributed by atoms with Crippen molar-refractivity contribution in [2.75, 3.05) is 0 Å². The van der Waals surface area contributed by atoms with Gasteiger partial charge in [0.2, 0.25) is 5.91 Å². The number of benzene rings is 1. The molecule has 0 bridgehead atoms. The maximum atomic E-state index is 11.8. The third kappa shape index (κ3) is 3.09. The fourth-order valence-corrected chi connectivity index (χ4v) is 2.03. The summed E-state index contributed by atoms with van der Waals surface area (Å²) in [6.45, 7) is 1.92. The third-order valence-electron chi connectivity index (χ3n) is 3.21. The minimum Gasteiger partial charge on any atom is -0.481 e. The monoisotopic (exact) mass is 247 g/mol. The molecule has 1 aromatic rings. The quantitative estimate of drug-likeness (QED) is 0.836. The Kier molecular flexibility index (Phi) is 3.65. The summed E-state index contributed by atoms with van der Waals surface area (Å²) in [6, 6.07) is 7.13. The predicted octanol–water partition coefficient (Wildman–Crippen LogP) is 2.04. The molecule has 1 saturated carbocycles. The Morgan fingerprint density at radius 2 is 2.06 bits per heavy atom. The van der Waals surface area contributed by atoms with E-state index in [0.717, 1.165) is 24.0 Å². The second-order valence-corrected chi connectivity index (χ2v) is 4.79. The summed E-state index contributed by atoms with van der Waals surface area (Å²) in [5.74, 6) is -0.839. The number of hydrogen-bond acceptors (Lipinski definition) is 2. The first-order valence-electron chi connectivity index (χ1n) is 6.15. The fraction of sp³-hybridized carbons (Fsp3) is 0.429. The molecule has 1 aromatic carbocycles. The summed E-state index contributed by atoms with van der Waals surface area (Å²) in [7, 11) is 0. The summed E-state index contributed by atoms with van der Waals surface area (Å²) in [4.78, 5) is 22.7. The van der Waals surface area contributed by atoms with Crippen LogP contribution in [0.2, 0.25) is 0 Å². The molecule has 1 amide bonds. The highest BCUT2D eigenvalue weighted by Crippen LogP contribution is 2.30. The molecule has 1 aliphatic rings. The van der Waals surface area contributed by atoms with Gasteiger partial charge in [-0.2, -0.15) is 0 Å². The highest BCUT2D eigenvalue weighted by Gasteiger charge is 2.31. The number of aryl methyl sites for hydroxylation is 1. The van der Waals surface area contributed by atoms with Crippen LogP contribution in [-0.4, -0.2) is 17.0 Å². The molecule has 0 spiro atoms. The zero-order valence-electron chi connectivity index (χ0n) is 10.3. The van der Waals surface area contributed by atoms with E-state index in [0.29, 0.717) is 0 Å². The summed E-state index contributed by atoms with van der Waals surface area (Å²) in [5, 5.41) is 11.8. The van der Waals surface area contributed by atoms with Crippen LogP contribution in [0.5, 0.6) is 0 Å². The van der Waals surface area contributed by atoms with Gasteiger partial charge in [0.15, 0.2) is 0 Å². The second-order valence-electron chi connectivity index (χ2n) is 4.79. The van der Waals surface area contributed by atoms with Crippen molar-refractivity contribution in [3.05, 3.63) is 35.4 Å². The molecule has 4 heteroatoms. The zero-order chi connectivity index (χ0) is 13.1. The number of amides is 1. The van der Waals surface area contributed by atoms with Crippen LogP contribution in [-0.2, 0) is 9.59 Å². The Balaban J connectivity index is 2.15. The lowest BCUT2D eigenvalue weighted by Crippen LogP contribution is -2.31. The topological polar surface area (TPSA) is 66.4 Å². The van der Waals surface area contributed by atoms with E-state index < -0.39 is 12.0 Å². The first-order valence-corrected chi connectivity index (χ1v) is 6.15. The van der Waals surface area contributed by atoms with Gasteiger partial charge in [0.05, 0.1) is 12.5 Å². The number of rotatable bonds is 5. The summed E-state index contributed by atoms with van der Waals surface area (Å²) in [6.07, 6.45) is 1.75. The molecule has 0 saturated heterocycles. The fourth-order valence-electron chi connectivity index (χ4n) is 2.03. The van der Waals surface area contributed by atoms with Crippen LogP contribution in [0.3, 0.4) is 0 Å². The molecular weight excluding hydrogens is 230 g/mol. The molecule has 2 N–H and O–H groups in total. The maximum absolute atomic E-state index is 11.8. The number of hydrogen-bond donors (Lipinski definition) is 2. The predicted molar refractivity (Wildman–Crippen MR) is 67.0 cm³/mol. The Morgan fingerprint density at radius 3 is 2.61 bits per heavy atom. The van der Waals surface area contributed by atoms with Crippen molar-refractivity contribution in [3.8, 4) is 0 Å². The molecule has 0 heterocycles. The number of aliphatic carboxylic acids is 1. The van der Waals surface area contributed by atoms with Crippen molar-refractivity contribution < 1.29 is 14.7 Å². The van der Waals surface area contributed by atoms with E-state index in [1.165, 1.54) is 0 Å². The number of carbonyl (C=O) groups is 2. The Morgan fingerprint density at radius 1 is 1.39 bits per heavy atom. The van der Waals surface area contributed by atoms with Gasteiger partial charge in [-0.15, -0.1) is 0 Å². The lowest BCUT2D eigenvalue weighted by molar-refractivity contribution is -0.137. The van der Waals surface area contributed by atoms with Gasteiger partial charge in [0.1, 0.15) is 0 Å². The molecule has 0 aromatic heterocycles. The van der Waals surface area contributed by atoms with E-state index >= 15 is 0 Å². The normalized spacial score (nSPS) is 16.1. The first-order chi connectivity index (χ1) is 8.58. The average molecular weight is 247 g/mol. The van der Waals surface area contributed by atoms with Crippen LogP contribution in [0, 0.1) is 12.8 Å². The lowest BCUT2D eigenvalue weighted by Gasteiger charge is -2.19. The van der Waals surface area contributed by atoms with Gasteiger partial charge >= 0.3 is 5.97 Å². The van der Waals surface area contributed by atoms with E-state index in [1.54, 1.807) is 0 Å². The number of carboxylic acid groups (broad SMARTS) is 1. The van der Waals surface area contributed by atoms with E-state index in [2.05, 4.69) is 5.32 Å². The number of nitrogens with one attached hydrogen (secondary N) is 1. The van der Waals surface area contributed by atoms with E-state index in [9.17, 15) is 9.59 Å². The van der Waals surface area contributed by atoms with Crippen molar-refractivity contribution in [1.82, 2.24) is 5.32 Å². The minimum absolute atomic E-state index is 0.0236. The Labute approximate surface area is 106 Å². The van der Waals surface area contributed by atoms with E-state index in [1.807, 2.05) is 31.2 Å². The molecule has 96 valence electrons. The lowest BCUT2D eigenvalue weighted by atomic mass is 9.98. The van der Waals surface area contributed by atoms with Crippen LogP contribution in [0.4, 0.5) is 0 Å². The van der Waals surface area contributed by atoms with Gasteiger partial charge < -0.3 is 10.4 Å². The first kappa shape index (κ1) is 12.6. The van der Waals surface area contributed by atoms with Crippen molar-refractivity contribution in [1.29, 1.82) is 0 Å².